The number of carbonyl (C=O) groups excluding carboxylic acids is 2. The van der Waals surface area contributed by atoms with Crippen LogP contribution >= 0.6 is 0 Å². The SMILES string of the molecule is CC1CCCN(C2=C(c3ccccc3)C(=O)N(c3ccc(OCc4ccccc4)cc3)C2=O)C1. The van der Waals surface area contributed by atoms with Crippen molar-refractivity contribution >= 4 is 23.1 Å². The van der Waals surface area contributed by atoms with Crippen molar-refractivity contribution in [3.63, 3.8) is 0 Å². The molecule has 0 N–H and O–H groups in total. The number of anilines is 1. The van der Waals surface area contributed by atoms with Gasteiger partial charge in [-0.25, -0.2) is 4.90 Å². The molecule has 0 saturated carbocycles. The third-order valence-electron chi connectivity index (χ3n) is 6.44. The van der Waals surface area contributed by atoms with Gasteiger partial charge in [0.1, 0.15) is 18.1 Å². The number of hydrogen-bond acceptors (Lipinski definition) is 4. The first-order valence-electron chi connectivity index (χ1n) is 11.8. The summed E-state index contributed by atoms with van der Waals surface area (Å²) in [7, 11) is 0. The number of likely N-dealkylation sites (tertiary alicyclic amines) is 1. The summed E-state index contributed by atoms with van der Waals surface area (Å²) in [6.07, 6.45) is 2.16. The highest BCUT2D eigenvalue weighted by Crippen LogP contribution is 2.36. The predicted octanol–water partition coefficient (Wildman–Crippen LogP) is 5.28. The number of hydrogen-bond donors (Lipinski definition) is 0. The van der Waals surface area contributed by atoms with Crippen molar-refractivity contribution in [1.82, 2.24) is 4.90 Å². The van der Waals surface area contributed by atoms with Crippen LogP contribution in [0.2, 0.25) is 0 Å². The lowest BCUT2D eigenvalue weighted by molar-refractivity contribution is -0.120. The first-order valence-corrected chi connectivity index (χ1v) is 11.8. The minimum absolute atomic E-state index is 0.254. The normalized spacial score (nSPS) is 18.6. The molecule has 1 fully saturated rings. The fourth-order valence-electron chi connectivity index (χ4n) is 4.74. The predicted molar refractivity (Wildman–Crippen MR) is 133 cm³/mol. The molecule has 0 radical (unpaired) electrons. The van der Waals surface area contributed by atoms with E-state index in [1.165, 1.54) is 4.90 Å². The lowest BCUT2D eigenvalue weighted by atomic mass is 9.98. The smallest absolute Gasteiger partial charge is 0.282 e. The van der Waals surface area contributed by atoms with Gasteiger partial charge >= 0.3 is 0 Å². The zero-order valence-electron chi connectivity index (χ0n) is 19.3. The average Bonchev–Trinajstić information content (AvgIpc) is 3.14. The van der Waals surface area contributed by atoms with Gasteiger partial charge in [-0.1, -0.05) is 67.6 Å². The van der Waals surface area contributed by atoms with Crippen LogP contribution in [0.3, 0.4) is 0 Å². The third-order valence-corrected chi connectivity index (χ3v) is 6.44. The fraction of sp³-hybridized carbons (Fsp3) is 0.241. The second kappa shape index (κ2) is 9.56. The number of carbonyl (C=O) groups is 2. The van der Waals surface area contributed by atoms with Crippen LogP contribution in [0, 0.1) is 5.92 Å². The number of amides is 2. The van der Waals surface area contributed by atoms with Crippen LogP contribution in [0.15, 0.2) is 90.6 Å². The Hall–Kier alpha value is -3.86. The van der Waals surface area contributed by atoms with Crippen LogP contribution in [0.1, 0.15) is 30.9 Å². The van der Waals surface area contributed by atoms with Gasteiger partial charge in [0, 0.05) is 13.1 Å². The number of rotatable bonds is 6. The molecule has 1 saturated heterocycles. The highest BCUT2D eigenvalue weighted by Gasteiger charge is 2.43. The molecule has 0 aliphatic carbocycles. The van der Waals surface area contributed by atoms with E-state index in [1.807, 2.05) is 72.8 Å². The van der Waals surface area contributed by atoms with Gasteiger partial charge in [0.2, 0.25) is 0 Å². The van der Waals surface area contributed by atoms with Crippen molar-refractivity contribution in [2.75, 3.05) is 18.0 Å². The van der Waals surface area contributed by atoms with Crippen LogP contribution in [0.4, 0.5) is 5.69 Å². The minimum Gasteiger partial charge on any atom is -0.489 e. The largest absolute Gasteiger partial charge is 0.489 e. The molecule has 2 aliphatic heterocycles. The van der Waals surface area contributed by atoms with Gasteiger partial charge in [0.15, 0.2) is 0 Å². The Morgan fingerprint density at radius 1 is 0.853 bits per heavy atom. The molecule has 172 valence electrons. The van der Waals surface area contributed by atoms with E-state index in [0.717, 1.165) is 37.1 Å². The zero-order valence-corrected chi connectivity index (χ0v) is 19.3. The molecular formula is C29H28N2O3. The molecule has 5 rings (SSSR count). The lowest BCUT2D eigenvalue weighted by Crippen LogP contribution is -2.39. The van der Waals surface area contributed by atoms with E-state index in [4.69, 9.17) is 4.74 Å². The summed E-state index contributed by atoms with van der Waals surface area (Å²) in [6, 6.07) is 26.6. The topological polar surface area (TPSA) is 49.9 Å². The van der Waals surface area contributed by atoms with Crippen LogP contribution in [-0.4, -0.2) is 29.8 Å². The van der Waals surface area contributed by atoms with E-state index in [1.54, 1.807) is 12.1 Å². The van der Waals surface area contributed by atoms with Crippen molar-refractivity contribution in [1.29, 1.82) is 0 Å². The molecule has 1 atom stereocenters. The van der Waals surface area contributed by atoms with Crippen molar-refractivity contribution in [2.45, 2.75) is 26.4 Å². The Morgan fingerprint density at radius 2 is 1.53 bits per heavy atom. The van der Waals surface area contributed by atoms with Gasteiger partial charge in [0.05, 0.1) is 11.3 Å². The van der Waals surface area contributed by atoms with Crippen LogP contribution < -0.4 is 9.64 Å². The molecule has 5 nitrogen and oxygen atoms in total. The number of nitrogens with zero attached hydrogens (tertiary/aromatic N) is 2. The monoisotopic (exact) mass is 452 g/mol. The van der Waals surface area contributed by atoms with Crippen LogP contribution in [0.25, 0.3) is 5.57 Å². The second-order valence-corrected chi connectivity index (χ2v) is 9.00. The first-order chi connectivity index (χ1) is 16.6. The maximum atomic E-state index is 13.7. The Labute approximate surface area is 200 Å². The van der Waals surface area contributed by atoms with Gasteiger partial charge in [-0.3, -0.25) is 9.59 Å². The summed E-state index contributed by atoms with van der Waals surface area (Å²) >= 11 is 0. The third kappa shape index (κ3) is 4.34. The Kier molecular flexibility index (Phi) is 6.17. The van der Waals surface area contributed by atoms with Crippen molar-refractivity contribution in [2.24, 2.45) is 5.92 Å². The summed E-state index contributed by atoms with van der Waals surface area (Å²) in [6.45, 7) is 4.22. The Balaban J connectivity index is 1.42. The molecule has 1 unspecified atom stereocenters. The van der Waals surface area contributed by atoms with E-state index in [0.29, 0.717) is 35.2 Å². The maximum absolute atomic E-state index is 13.7. The second-order valence-electron chi connectivity index (χ2n) is 9.00. The molecule has 0 aromatic heterocycles. The van der Waals surface area contributed by atoms with Crippen LogP contribution in [0.5, 0.6) is 5.75 Å². The average molecular weight is 453 g/mol. The van der Waals surface area contributed by atoms with Gasteiger partial charge < -0.3 is 9.64 Å². The first kappa shape index (κ1) is 22.0. The summed E-state index contributed by atoms with van der Waals surface area (Å²) in [5, 5.41) is 0. The Bertz CT molecular complexity index is 1200. The van der Waals surface area contributed by atoms with Crippen LogP contribution in [-0.2, 0) is 16.2 Å². The molecule has 2 aliphatic rings. The molecule has 0 spiro atoms. The zero-order chi connectivity index (χ0) is 23.5. The van der Waals surface area contributed by atoms with Gasteiger partial charge in [-0.15, -0.1) is 0 Å². The number of piperidine rings is 1. The van der Waals surface area contributed by atoms with Crippen molar-refractivity contribution in [3.05, 3.63) is 102 Å². The summed E-state index contributed by atoms with van der Waals surface area (Å²) in [5.74, 6) is 0.641. The van der Waals surface area contributed by atoms with Gasteiger partial charge in [0.25, 0.3) is 11.8 Å². The summed E-state index contributed by atoms with van der Waals surface area (Å²) in [5.41, 5.74) is 3.42. The number of ether oxygens (including phenoxy) is 1. The van der Waals surface area contributed by atoms with Crippen molar-refractivity contribution in [3.8, 4) is 5.75 Å². The quantitative estimate of drug-likeness (QED) is 0.478. The molecular weight excluding hydrogens is 424 g/mol. The molecule has 2 heterocycles. The van der Waals surface area contributed by atoms with E-state index >= 15 is 0 Å². The molecule has 0 bridgehead atoms. The molecule has 2 amide bonds. The maximum Gasteiger partial charge on any atom is 0.282 e. The summed E-state index contributed by atoms with van der Waals surface area (Å²) < 4.78 is 5.87. The minimum atomic E-state index is -0.276. The Morgan fingerprint density at radius 3 is 2.21 bits per heavy atom. The molecule has 3 aromatic rings. The number of imide groups is 1. The van der Waals surface area contributed by atoms with Gasteiger partial charge in [-0.05, 0) is 54.2 Å². The highest BCUT2D eigenvalue weighted by molar-refractivity contribution is 6.45. The molecule has 3 aromatic carbocycles. The molecule has 34 heavy (non-hydrogen) atoms. The molecule has 5 heteroatoms. The van der Waals surface area contributed by atoms with Crippen molar-refractivity contribution < 1.29 is 14.3 Å². The fourth-order valence-corrected chi connectivity index (χ4v) is 4.74. The van der Waals surface area contributed by atoms with E-state index in [9.17, 15) is 9.59 Å². The van der Waals surface area contributed by atoms with E-state index < -0.39 is 0 Å². The van der Waals surface area contributed by atoms with E-state index in [2.05, 4.69) is 11.8 Å². The standard InChI is InChI=1S/C29H28N2O3/c1-21-9-8-18-30(19-21)27-26(23-12-6-3-7-13-23)28(32)31(29(27)33)24-14-16-25(17-15-24)34-20-22-10-4-2-5-11-22/h2-7,10-17,21H,8-9,18-20H2,1H3. The number of benzene rings is 3. The lowest BCUT2D eigenvalue weighted by Gasteiger charge is -2.33. The van der Waals surface area contributed by atoms with Gasteiger partial charge in [-0.2, -0.15) is 0 Å². The van der Waals surface area contributed by atoms with E-state index in [-0.39, 0.29) is 11.8 Å². The highest BCUT2D eigenvalue weighted by atomic mass is 16.5. The summed E-state index contributed by atoms with van der Waals surface area (Å²) in [4.78, 5) is 30.7.